The third-order valence-corrected chi connectivity index (χ3v) is 3.05. The van der Waals surface area contributed by atoms with Crippen molar-refractivity contribution in [1.82, 2.24) is 0 Å². The molecule has 1 radical (unpaired) electrons. The lowest BCUT2D eigenvalue weighted by Gasteiger charge is -2.10. The number of hydrogen-bond donors (Lipinski definition) is 0. The van der Waals surface area contributed by atoms with Crippen molar-refractivity contribution in [3.63, 3.8) is 0 Å². The second-order valence-corrected chi connectivity index (χ2v) is 4.19. The topological polar surface area (TPSA) is 0 Å². The minimum Gasteiger partial charge on any atom is -0.130 e. The molecular formula is C13H17S. The van der Waals surface area contributed by atoms with Crippen molar-refractivity contribution < 1.29 is 0 Å². The minimum atomic E-state index is 0.201. The van der Waals surface area contributed by atoms with Gasteiger partial charge in [0.1, 0.15) is 0 Å². The Hall–Kier alpha value is -0.690. The molecule has 0 aromatic heterocycles. The number of thioether (sulfide) groups is 1. The number of allylic oxidation sites excluding steroid dienone is 1. The molecule has 0 amide bonds. The van der Waals surface area contributed by atoms with E-state index in [1.54, 1.807) is 11.8 Å². The summed E-state index contributed by atoms with van der Waals surface area (Å²) >= 11 is 1.78. The first kappa shape index (κ1) is 11.4. The van der Waals surface area contributed by atoms with Crippen LogP contribution < -0.4 is 0 Å². The second-order valence-electron chi connectivity index (χ2n) is 3.31. The predicted molar refractivity (Wildman–Crippen MR) is 65.9 cm³/mol. The number of hydrogen-bond acceptors (Lipinski definition) is 1. The summed E-state index contributed by atoms with van der Waals surface area (Å²) in [5.74, 6) is 0.201. The van der Waals surface area contributed by atoms with Gasteiger partial charge >= 0.3 is 0 Å². The van der Waals surface area contributed by atoms with Crippen molar-refractivity contribution in [3.8, 4) is 0 Å². The molecule has 14 heavy (non-hydrogen) atoms. The maximum Gasteiger partial charge on any atom is 0.00748 e. The van der Waals surface area contributed by atoms with Gasteiger partial charge in [0.15, 0.2) is 0 Å². The van der Waals surface area contributed by atoms with E-state index >= 15 is 0 Å². The zero-order valence-electron chi connectivity index (χ0n) is 8.92. The van der Waals surface area contributed by atoms with Gasteiger partial charge in [0.2, 0.25) is 0 Å². The van der Waals surface area contributed by atoms with E-state index in [1.165, 1.54) is 16.0 Å². The molecule has 1 rings (SSSR count). The molecule has 75 valence electrons. The molecular weight excluding hydrogens is 188 g/mol. The van der Waals surface area contributed by atoms with Crippen LogP contribution in [0.4, 0.5) is 0 Å². The Balaban J connectivity index is 3.09. The first-order valence-electron chi connectivity index (χ1n) is 4.84. The molecule has 0 N–H and O–H groups in total. The smallest absolute Gasteiger partial charge is 0.00748 e. The largest absolute Gasteiger partial charge is 0.130 e. The molecule has 1 heteroatoms. The van der Waals surface area contributed by atoms with E-state index in [9.17, 15) is 0 Å². The van der Waals surface area contributed by atoms with E-state index in [1.807, 2.05) is 6.08 Å². The SMILES string of the molecule is [CH2]C(C=C)c1cc(CC)cc(SC)c1. The Morgan fingerprint density at radius 1 is 1.43 bits per heavy atom. The average Bonchev–Trinajstić information content (AvgIpc) is 2.27. The van der Waals surface area contributed by atoms with Crippen LogP contribution in [0.15, 0.2) is 35.7 Å². The van der Waals surface area contributed by atoms with E-state index in [4.69, 9.17) is 0 Å². The van der Waals surface area contributed by atoms with Gasteiger partial charge in [0.25, 0.3) is 0 Å². The molecule has 0 fully saturated rings. The van der Waals surface area contributed by atoms with Crippen LogP contribution in [0, 0.1) is 6.92 Å². The Kier molecular flexibility index (Phi) is 4.27. The molecule has 0 aliphatic heterocycles. The Labute approximate surface area is 91.4 Å². The lowest BCUT2D eigenvalue weighted by Crippen LogP contribution is -1.92. The summed E-state index contributed by atoms with van der Waals surface area (Å²) in [6.07, 6.45) is 5.06. The number of rotatable bonds is 4. The highest BCUT2D eigenvalue weighted by molar-refractivity contribution is 7.98. The van der Waals surface area contributed by atoms with Crippen LogP contribution in [0.3, 0.4) is 0 Å². The van der Waals surface area contributed by atoms with Crippen molar-refractivity contribution in [1.29, 1.82) is 0 Å². The molecule has 0 aliphatic rings. The van der Waals surface area contributed by atoms with E-state index in [-0.39, 0.29) is 5.92 Å². The van der Waals surface area contributed by atoms with Crippen molar-refractivity contribution in [3.05, 3.63) is 48.9 Å². The molecule has 0 saturated carbocycles. The standard InChI is InChI=1S/C13H17S/c1-5-10(3)12-7-11(6-2)8-13(9-12)14-4/h5,7-10H,1,3,6H2,2,4H3. The first-order chi connectivity index (χ1) is 6.71. The second kappa shape index (κ2) is 5.26. The third kappa shape index (κ3) is 2.65. The van der Waals surface area contributed by atoms with Gasteiger partial charge in [-0.3, -0.25) is 0 Å². The van der Waals surface area contributed by atoms with Crippen LogP contribution in [-0.2, 0) is 6.42 Å². The van der Waals surface area contributed by atoms with Gasteiger partial charge < -0.3 is 0 Å². The van der Waals surface area contributed by atoms with Gasteiger partial charge in [-0.1, -0.05) is 19.1 Å². The number of aryl methyl sites for hydroxylation is 1. The predicted octanol–water partition coefficient (Wildman–Crippen LogP) is 4.07. The van der Waals surface area contributed by atoms with Crippen LogP contribution in [0.1, 0.15) is 24.0 Å². The average molecular weight is 205 g/mol. The minimum absolute atomic E-state index is 0.201. The van der Waals surface area contributed by atoms with Gasteiger partial charge in [0.05, 0.1) is 0 Å². The van der Waals surface area contributed by atoms with Gasteiger partial charge in [-0.05, 0) is 42.9 Å². The van der Waals surface area contributed by atoms with Crippen LogP contribution in [0.25, 0.3) is 0 Å². The maximum absolute atomic E-state index is 4.05. The molecule has 0 nitrogen and oxygen atoms in total. The zero-order chi connectivity index (χ0) is 10.6. The Morgan fingerprint density at radius 2 is 2.14 bits per heavy atom. The van der Waals surface area contributed by atoms with Gasteiger partial charge in [0, 0.05) is 10.8 Å². The molecule has 0 aliphatic carbocycles. The molecule has 0 saturated heterocycles. The summed E-state index contributed by atoms with van der Waals surface area (Å²) in [7, 11) is 0. The molecule has 0 bridgehead atoms. The van der Waals surface area contributed by atoms with Gasteiger partial charge in [-0.15, -0.1) is 18.3 Å². The molecule has 1 aromatic rings. The monoisotopic (exact) mass is 205 g/mol. The van der Waals surface area contributed by atoms with Crippen LogP contribution in [0.5, 0.6) is 0 Å². The fraction of sp³-hybridized carbons (Fsp3) is 0.308. The zero-order valence-corrected chi connectivity index (χ0v) is 9.73. The highest BCUT2D eigenvalue weighted by atomic mass is 32.2. The van der Waals surface area contributed by atoms with Gasteiger partial charge in [-0.2, -0.15) is 0 Å². The highest BCUT2D eigenvalue weighted by Gasteiger charge is 2.04. The van der Waals surface area contributed by atoms with Crippen molar-refractivity contribution in [2.75, 3.05) is 6.26 Å². The molecule has 0 heterocycles. The summed E-state index contributed by atoms with van der Waals surface area (Å²) in [4.78, 5) is 1.31. The fourth-order valence-electron chi connectivity index (χ4n) is 1.36. The molecule has 1 aromatic carbocycles. The van der Waals surface area contributed by atoms with Crippen LogP contribution in [0.2, 0.25) is 0 Å². The van der Waals surface area contributed by atoms with E-state index in [0.717, 1.165) is 6.42 Å². The Bertz CT molecular complexity index is 293. The van der Waals surface area contributed by atoms with Crippen LogP contribution >= 0.6 is 11.8 Å². The maximum atomic E-state index is 4.05. The lowest BCUT2D eigenvalue weighted by molar-refractivity contribution is 1.04. The van der Waals surface area contributed by atoms with Crippen LogP contribution in [-0.4, -0.2) is 6.26 Å². The first-order valence-corrected chi connectivity index (χ1v) is 6.07. The molecule has 1 unspecified atom stereocenters. The molecule has 1 atom stereocenters. The summed E-state index contributed by atoms with van der Waals surface area (Å²) in [6.45, 7) is 10.0. The Morgan fingerprint density at radius 3 is 2.64 bits per heavy atom. The molecule has 0 spiro atoms. The summed E-state index contributed by atoms with van der Waals surface area (Å²) in [5.41, 5.74) is 2.64. The van der Waals surface area contributed by atoms with Crippen molar-refractivity contribution >= 4 is 11.8 Å². The number of benzene rings is 1. The van der Waals surface area contributed by atoms with E-state index in [2.05, 4.69) is 44.9 Å². The summed E-state index contributed by atoms with van der Waals surface area (Å²) < 4.78 is 0. The quantitative estimate of drug-likeness (QED) is 0.527. The van der Waals surface area contributed by atoms with Crippen molar-refractivity contribution in [2.45, 2.75) is 24.2 Å². The van der Waals surface area contributed by atoms with E-state index in [0.29, 0.717) is 0 Å². The third-order valence-electron chi connectivity index (χ3n) is 2.35. The highest BCUT2D eigenvalue weighted by Crippen LogP contribution is 2.24. The van der Waals surface area contributed by atoms with Gasteiger partial charge in [-0.25, -0.2) is 0 Å². The fourth-order valence-corrected chi connectivity index (χ4v) is 1.88. The van der Waals surface area contributed by atoms with Crippen molar-refractivity contribution in [2.24, 2.45) is 0 Å². The normalized spacial score (nSPS) is 12.5. The lowest BCUT2D eigenvalue weighted by atomic mass is 9.98. The summed E-state index contributed by atoms with van der Waals surface area (Å²) in [6, 6.07) is 6.66. The van der Waals surface area contributed by atoms with E-state index < -0.39 is 0 Å². The summed E-state index contributed by atoms with van der Waals surface area (Å²) in [5, 5.41) is 0.